The van der Waals surface area contributed by atoms with E-state index >= 15 is 0 Å². The van der Waals surface area contributed by atoms with Crippen molar-refractivity contribution < 1.29 is 19.1 Å². The summed E-state index contributed by atoms with van der Waals surface area (Å²) in [4.78, 5) is 22.7. The van der Waals surface area contributed by atoms with E-state index in [9.17, 15) is 9.59 Å². The summed E-state index contributed by atoms with van der Waals surface area (Å²) in [5.41, 5.74) is 0. The first kappa shape index (κ1) is 14.8. The van der Waals surface area contributed by atoms with E-state index in [1.807, 2.05) is 13.8 Å². The summed E-state index contributed by atoms with van der Waals surface area (Å²) in [7, 11) is 0. The summed E-state index contributed by atoms with van der Waals surface area (Å²) in [5, 5.41) is 11.6. The number of halogens is 1. The highest BCUT2D eigenvalue weighted by Gasteiger charge is 2.21. The molecular formula is C12H16BrNO4. The van der Waals surface area contributed by atoms with Crippen LogP contribution in [0.15, 0.2) is 21.2 Å². The van der Waals surface area contributed by atoms with Gasteiger partial charge in [0.1, 0.15) is 0 Å². The van der Waals surface area contributed by atoms with Gasteiger partial charge in [0, 0.05) is 6.54 Å². The van der Waals surface area contributed by atoms with Gasteiger partial charge in [0.15, 0.2) is 0 Å². The van der Waals surface area contributed by atoms with Crippen LogP contribution in [0.3, 0.4) is 0 Å². The molecule has 0 saturated heterocycles. The first-order chi connectivity index (χ1) is 8.41. The number of carboxylic acid groups (broad SMARTS) is 1. The highest BCUT2D eigenvalue weighted by Crippen LogP contribution is 2.17. The summed E-state index contributed by atoms with van der Waals surface area (Å²) < 4.78 is 5.55. The Labute approximate surface area is 114 Å². The number of hydrogen-bond acceptors (Lipinski definition) is 3. The molecule has 18 heavy (non-hydrogen) atoms. The lowest BCUT2D eigenvalue weighted by molar-refractivity contribution is -0.142. The van der Waals surface area contributed by atoms with Gasteiger partial charge in [-0.1, -0.05) is 13.8 Å². The maximum Gasteiger partial charge on any atom is 0.308 e. The third kappa shape index (κ3) is 4.18. The van der Waals surface area contributed by atoms with Crippen molar-refractivity contribution in [3.63, 3.8) is 0 Å². The normalized spacial score (nSPS) is 12.4. The fourth-order valence-corrected chi connectivity index (χ4v) is 1.97. The highest BCUT2D eigenvalue weighted by atomic mass is 79.9. The molecular weight excluding hydrogens is 302 g/mol. The molecule has 2 N–H and O–H groups in total. The Morgan fingerprint density at radius 3 is 2.61 bits per heavy atom. The molecule has 1 amide bonds. The Morgan fingerprint density at radius 1 is 1.50 bits per heavy atom. The van der Waals surface area contributed by atoms with E-state index in [1.54, 1.807) is 6.07 Å². The van der Waals surface area contributed by atoms with E-state index < -0.39 is 17.8 Å². The second kappa shape index (κ2) is 6.58. The number of carbonyl (C=O) groups is 2. The number of carboxylic acids is 1. The molecule has 1 atom stereocenters. The lowest BCUT2D eigenvalue weighted by atomic mass is 9.97. The Bertz CT molecular complexity index is 427. The number of furan rings is 1. The molecule has 0 aliphatic carbocycles. The monoisotopic (exact) mass is 317 g/mol. The van der Waals surface area contributed by atoms with Gasteiger partial charge >= 0.3 is 5.97 Å². The molecule has 5 nitrogen and oxygen atoms in total. The van der Waals surface area contributed by atoms with Crippen LogP contribution < -0.4 is 5.32 Å². The van der Waals surface area contributed by atoms with Crippen molar-refractivity contribution in [3.8, 4) is 0 Å². The molecule has 1 unspecified atom stereocenters. The van der Waals surface area contributed by atoms with Gasteiger partial charge in [-0.25, -0.2) is 0 Å². The molecule has 0 bridgehead atoms. The van der Waals surface area contributed by atoms with Gasteiger partial charge in [0.2, 0.25) is 5.76 Å². The standard InChI is InChI=1S/C12H16BrNO4/c1-7(2)5-8(12(16)17)6-14-11(15)10-9(13)3-4-18-10/h3-4,7-8H,5-6H2,1-2H3,(H,14,15)(H,16,17). The van der Waals surface area contributed by atoms with Gasteiger partial charge in [-0.3, -0.25) is 9.59 Å². The number of carbonyl (C=O) groups excluding carboxylic acids is 1. The number of amides is 1. The Morgan fingerprint density at radius 2 is 2.17 bits per heavy atom. The van der Waals surface area contributed by atoms with E-state index in [1.165, 1.54) is 6.26 Å². The fourth-order valence-electron chi connectivity index (χ4n) is 1.59. The Balaban J connectivity index is 2.55. The Hall–Kier alpha value is -1.30. The molecule has 6 heteroatoms. The molecule has 100 valence electrons. The molecule has 0 saturated carbocycles. The van der Waals surface area contributed by atoms with Crippen LogP contribution in [0.1, 0.15) is 30.8 Å². The SMILES string of the molecule is CC(C)CC(CNC(=O)c1occc1Br)C(=O)O. The largest absolute Gasteiger partial charge is 0.481 e. The van der Waals surface area contributed by atoms with E-state index in [2.05, 4.69) is 21.2 Å². The topological polar surface area (TPSA) is 79.5 Å². The fraction of sp³-hybridized carbons (Fsp3) is 0.500. The van der Waals surface area contributed by atoms with Crippen LogP contribution in [0.5, 0.6) is 0 Å². The summed E-state index contributed by atoms with van der Waals surface area (Å²) in [6.45, 7) is 3.99. The minimum atomic E-state index is -0.900. The molecule has 1 aromatic rings. The van der Waals surface area contributed by atoms with Crippen LogP contribution in [0.25, 0.3) is 0 Å². The van der Waals surface area contributed by atoms with Crippen molar-refractivity contribution >= 4 is 27.8 Å². The zero-order valence-electron chi connectivity index (χ0n) is 10.3. The van der Waals surface area contributed by atoms with Crippen molar-refractivity contribution in [2.24, 2.45) is 11.8 Å². The lowest BCUT2D eigenvalue weighted by Gasteiger charge is -2.14. The minimum absolute atomic E-state index is 0.0967. The van der Waals surface area contributed by atoms with Gasteiger partial charge in [-0.2, -0.15) is 0 Å². The van der Waals surface area contributed by atoms with Crippen molar-refractivity contribution in [2.75, 3.05) is 6.54 Å². The molecule has 0 aliphatic heterocycles. The molecule has 1 aromatic heterocycles. The highest BCUT2D eigenvalue weighted by molar-refractivity contribution is 9.10. The number of aliphatic carboxylic acids is 1. The summed E-state index contributed by atoms with van der Waals surface area (Å²) >= 11 is 3.17. The predicted octanol–water partition coefficient (Wildman–Crippen LogP) is 2.52. The van der Waals surface area contributed by atoms with Crippen molar-refractivity contribution in [2.45, 2.75) is 20.3 Å². The van der Waals surface area contributed by atoms with Crippen LogP contribution in [0.4, 0.5) is 0 Å². The van der Waals surface area contributed by atoms with E-state index in [-0.39, 0.29) is 18.2 Å². The number of hydrogen-bond donors (Lipinski definition) is 2. The molecule has 1 heterocycles. The van der Waals surface area contributed by atoms with Crippen molar-refractivity contribution in [1.29, 1.82) is 0 Å². The maximum atomic E-state index is 11.7. The van der Waals surface area contributed by atoms with Gasteiger partial charge in [-0.15, -0.1) is 0 Å². The summed E-state index contributed by atoms with van der Waals surface area (Å²) in [5.74, 6) is -1.48. The molecule has 0 fully saturated rings. The van der Waals surface area contributed by atoms with Gasteiger partial charge in [0.05, 0.1) is 16.7 Å². The molecule has 1 rings (SSSR count). The van der Waals surface area contributed by atoms with Crippen LogP contribution in [-0.2, 0) is 4.79 Å². The molecule has 0 radical (unpaired) electrons. The van der Waals surface area contributed by atoms with Gasteiger partial charge in [-0.05, 0) is 34.3 Å². The number of rotatable bonds is 6. The lowest BCUT2D eigenvalue weighted by Crippen LogP contribution is -2.33. The van der Waals surface area contributed by atoms with Crippen LogP contribution in [0.2, 0.25) is 0 Å². The van der Waals surface area contributed by atoms with Crippen LogP contribution in [0, 0.1) is 11.8 Å². The first-order valence-electron chi connectivity index (χ1n) is 5.65. The van der Waals surface area contributed by atoms with Crippen LogP contribution in [-0.4, -0.2) is 23.5 Å². The first-order valence-corrected chi connectivity index (χ1v) is 6.45. The minimum Gasteiger partial charge on any atom is -0.481 e. The Kier molecular flexibility index (Phi) is 5.40. The molecule has 0 aromatic carbocycles. The quantitative estimate of drug-likeness (QED) is 0.845. The second-order valence-corrected chi connectivity index (χ2v) is 5.33. The van der Waals surface area contributed by atoms with Gasteiger partial charge in [0.25, 0.3) is 5.91 Å². The predicted molar refractivity (Wildman–Crippen MR) is 69.3 cm³/mol. The second-order valence-electron chi connectivity index (χ2n) is 4.47. The van der Waals surface area contributed by atoms with Crippen molar-refractivity contribution in [3.05, 3.63) is 22.6 Å². The third-order valence-electron chi connectivity index (χ3n) is 2.44. The number of nitrogens with one attached hydrogen (secondary N) is 1. The average molecular weight is 318 g/mol. The van der Waals surface area contributed by atoms with Crippen molar-refractivity contribution in [1.82, 2.24) is 5.32 Å². The average Bonchev–Trinajstić information content (AvgIpc) is 2.69. The summed E-state index contributed by atoms with van der Waals surface area (Å²) in [6.07, 6.45) is 1.91. The summed E-state index contributed by atoms with van der Waals surface area (Å²) in [6, 6.07) is 1.61. The van der Waals surface area contributed by atoms with Gasteiger partial charge < -0.3 is 14.8 Å². The van der Waals surface area contributed by atoms with E-state index in [4.69, 9.17) is 9.52 Å². The smallest absolute Gasteiger partial charge is 0.308 e. The molecule has 0 aliphatic rings. The zero-order chi connectivity index (χ0) is 13.7. The maximum absolute atomic E-state index is 11.7. The van der Waals surface area contributed by atoms with E-state index in [0.29, 0.717) is 10.9 Å². The third-order valence-corrected chi connectivity index (χ3v) is 3.06. The molecule has 0 spiro atoms. The van der Waals surface area contributed by atoms with Crippen LogP contribution >= 0.6 is 15.9 Å². The van der Waals surface area contributed by atoms with E-state index in [0.717, 1.165) is 0 Å². The zero-order valence-corrected chi connectivity index (χ0v) is 11.9.